The van der Waals surface area contributed by atoms with Crippen LogP contribution in [0, 0.1) is 17.6 Å². The van der Waals surface area contributed by atoms with Crippen molar-refractivity contribution >= 4 is 0 Å². The molecule has 26 heavy (non-hydrogen) atoms. The second-order valence-electron chi connectivity index (χ2n) is 7.15. The minimum Gasteiger partial charge on any atom is -0.462 e. The molecule has 2 aromatic carbocycles. The number of halogens is 2. The monoisotopic (exact) mass is 356 g/mol. The SMILES string of the molecule is C=COc1ccc(-c2ccc(C3CCC(CCC)CC3)cc2)c(F)c1F. The highest BCUT2D eigenvalue weighted by Crippen LogP contribution is 2.38. The van der Waals surface area contributed by atoms with Crippen LogP contribution in [0.15, 0.2) is 49.2 Å². The van der Waals surface area contributed by atoms with Gasteiger partial charge in [0.15, 0.2) is 11.6 Å². The number of benzene rings is 2. The number of hydrogen-bond acceptors (Lipinski definition) is 1. The second-order valence-corrected chi connectivity index (χ2v) is 7.15. The Kier molecular flexibility index (Phi) is 6.08. The Labute approximate surface area is 154 Å². The Balaban J connectivity index is 1.74. The summed E-state index contributed by atoms with van der Waals surface area (Å²) in [6, 6.07) is 10.9. The minimum absolute atomic E-state index is 0.151. The molecule has 0 amide bonds. The average Bonchev–Trinajstić information content (AvgIpc) is 2.67. The van der Waals surface area contributed by atoms with Crippen molar-refractivity contribution in [1.29, 1.82) is 0 Å². The van der Waals surface area contributed by atoms with Gasteiger partial charge in [0, 0.05) is 5.56 Å². The van der Waals surface area contributed by atoms with Crippen molar-refractivity contribution in [1.82, 2.24) is 0 Å². The van der Waals surface area contributed by atoms with Gasteiger partial charge in [-0.15, -0.1) is 0 Å². The molecular formula is C23H26F2O. The fourth-order valence-electron chi connectivity index (χ4n) is 4.06. The molecule has 1 aliphatic carbocycles. The van der Waals surface area contributed by atoms with Gasteiger partial charge < -0.3 is 4.74 Å². The molecule has 0 aromatic heterocycles. The van der Waals surface area contributed by atoms with Crippen molar-refractivity contribution in [3.8, 4) is 16.9 Å². The molecule has 0 N–H and O–H groups in total. The summed E-state index contributed by atoms with van der Waals surface area (Å²) in [5.41, 5.74) is 2.23. The molecule has 0 heterocycles. The van der Waals surface area contributed by atoms with Crippen LogP contribution < -0.4 is 4.74 Å². The van der Waals surface area contributed by atoms with Crippen molar-refractivity contribution < 1.29 is 13.5 Å². The molecule has 0 radical (unpaired) electrons. The molecule has 0 atom stereocenters. The first-order chi connectivity index (χ1) is 12.6. The summed E-state index contributed by atoms with van der Waals surface area (Å²) in [7, 11) is 0. The van der Waals surface area contributed by atoms with Crippen LogP contribution in [0.3, 0.4) is 0 Å². The van der Waals surface area contributed by atoms with Crippen molar-refractivity contribution in [3.05, 3.63) is 66.4 Å². The largest absolute Gasteiger partial charge is 0.462 e. The maximum Gasteiger partial charge on any atom is 0.201 e. The predicted molar refractivity (Wildman–Crippen MR) is 102 cm³/mol. The van der Waals surface area contributed by atoms with Crippen LogP contribution in [0.5, 0.6) is 5.75 Å². The lowest BCUT2D eigenvalue weighted by molar-refractivity contribution is 0.308. The summed E-state index contributed by atoms with van der Waals surface area (Å²) in [6.07, 6.45) is 8.73. The van der Waals surface area contributed by atoms with E-state index in [4.69, 9.17) is 4.74 Å². The molecule has 1 aliphatic rings. The molecular weight excluding hydrogens is 330 g/mol. The Morgan fingerprint density at radius 2 is 1.69 bits per heavy atom. The molecule has 0 saturated heterocycles. The molecule has 0 unspecified atom stereocenters. The van der Waals surface area contributed by atoms with Crippen molar-refractivity contribution in [2.24, 2.45) is 5.92 Å². The Morgan fingerprint density at radius 1 is 1.00 bits per heavy atom. The van der Waals surface area contributed by atoms with Crippen LogP contribution in [0.1, 0.15) is 56.9 Å². The van der Waals surface area contributed by atoms with Gasteiger partial charge in [0.25, 0.3) is 0 Å². The molecule has 0 spiro atoms. The zero-order valence-corrected chi connectivity index (χ0v) is 15.3. The zero-order valence-electron chi connectivity index (χ0n) is 15.3. The van der Waals surface area contributed by atoms with Crippen LogP contribution in [-0.4, -0.2) is 0 Å². The highest BCUT2D eigenvalue weighted by molar-refractivity contribution is 5.65. The van der Waals surface area contributed by atoms with E-state index in [0.717, 1.165) is 12.2 Å². The molecule has 2 aromatic rings. The highest BCUT2D eigenvalue weighted by Gasteiger charge is 2.22. The maximum absolute atomic E-state index is 14.4. The molecule has 0 aliphatic heterocycles. The summed E-state index contributed by atoms with van der Waals surface area (Å²) in [4.78, 5) is 0. The van der Waals surface area contributed by atoms with Gasteiger partial charge >= 0.3 is 0 Å². The third kappa shape index (κ3) is 3.98. The molecule has 1 saturated carbocycles. The standard InChI is InChI=1S/C23H26F2O/c1-3-5-16-6-8-17(9-7-16)18-10-12-19(13-11-18)20-14-15-21(26-4-2)23(25)22(20)24/h4,10-17H,2-3,5-9H2,1H3. The lowest BCUT2D eigenvalue weighted by Crippen LogP contribution is -2.13. The van der Waals surface area contributed by atoms with Gasteiger partial charge in [-0.2, -0.15) is 4.39 Å². The van der Waals surface area contributed by atoms with Crippen LogP contribution in [-0.2, 0) is 0 Å². The fraction of sp³-hybridized carbons (Fsp3) is 0.391. The lowest BCUT2D eigenvalue weighted by atomic mass is 9.77. The van der Waals surface area contributed by atoms with E-state index < -0.39 is 11.6 Å². The Bertz CT molecular complexity index is 744. The molecule has 1 fully saturated rings. The minimum atomic E-state index is -0.985. The van der Waals surface area contributed by atoms with Gasteiger partial charge in [-0.05, 0) is 60.8 Å². The molecule has 3 heteroatoms. The molecule has 1 nitrogen and oxygen atoms in total. The van der Waals surface area contributed by atoms with Crippen molar-refractivity contribution in [3.63, 3.8) is 0 Å². The summed E-state index contributed by atoms with van der Waals surface area (Å²) in [5.74, 6) is -0.564. The van der Waals surface area contributed by atoms with Crippen molar-refractivity contribution in [2.75, 3.05) is 0 Å². The number of hydrogen-bond donors (Lipinski definition) is 0. The van der Waals surface area contributed by atoms with Crippen LogP contribution in [0.4, 0.5) is 8.78 Å². The normalized spacial score (nSPS) is 20.0. The number of ether oxygens (including phenoxy) is 1. The topological polar surface area (TPSA) is 9.23 Å². The van der Waals surface area contributed by atoms with E-state index in [1.54, 1.807) is 6.07 Å². The van der Waals surface area contributed by atoms with E-state index in [1.165, 1.54) is 50.2 Å². The van der Waals surface area contributed by atoms with Gasteiger partial charge in [0.05, 0.1) is 6.26 Å². The molecule has 3 rings (SSSR count). The van der Waals surface area contributed by atoms with Crippen molar-refractivity contribution in [2.45, 2.75) is 51.4 Å². The smallest absolute Gasteiger partial charge is 0.201 e. The van der Waals surface area contributed by atoms with E-state index in [9.17, 15) is 8.78 Å². The lowest BCUT2D eigenvalue weighted by Gasteiger charge is -2.28. The Morgan fingerprint density at radius 3 is 2.31 bits per heavy atom. The van der Waals surface area contributed by atoms with Gasteiger partial charge in [-0.3, -0.25) is 0 Å². The van der Waals surface area contributed by atoms with E-state index in [1.807, 2.05) is 12.1 Å². The van der Waals surface area contributed by atoms with Gasteiger partial charge in [0.1, 0.15) is 0 Å². The van der Waals surface area contributed by atoms with E-state index in [0.29, 0.717) is 11.5 Å². The van der Waals surface area contributed by atoms with E-state index in [-0.39, 0.29) is 11.3 Å². The zero-order chi connectivity index (χ0) is 18.5. The van der Waals surface area contributed by atoms with Gasteiger partial charge in [-0.25, -0.2) is 4.39 Å². The first-order valence-corrected chi connectivity index (χ1v) is 9.50. The summed E-state index contributed by atoms with van der Waals surface area (Å²) in [5, 5.41) is 0. The summed E-state index contributed by atoms with van der Waals surface area (Å²) < 4.78 is 33.3. The maximum atomic E-state index is 14.4. The van der Waals surface area contributed by atoms with E-state index >= 15 is 0 Å². The predicted octanol–water partition coefficient (Wildman–Crippen LogP) is 7.23. The quantitative estimate of drug-likeness (QED) is 0.496. The number of rotatable bonds is 6. The molecule has 0 bridgehead atoms. The van der Waals surface area contributed by atoms with E-state index in [2.05, 4.69) is 25.6 Å². The first kappa shape index (κ1) is 18.6. The van der Waals surface area contributed by atoms with Gasteiger partial charge in [-0.1, -0.05) is 50.6 Å². The second kappa shape index (κ2) is 8.48. The third-order valence-corrected chi connectivity index (χ3v) is 5.49. The fourth-order valence-corrected chi connectivity index (χ4v) is 4.06. The Hall–Kier alpha value is -2.16. The highest BCUT2D eigenvalue weighted by atomic mass is 19.2. The average molecular weight is 356 g/mol. The van der Waals surface area contributed by atoms with Gasteiger partial charge in [0.2, 0.25) is 5.82 Å². The third-order valence-electron chi connectivity index (χ3n) is 5.49. The van der Waals surface area contributed by atoms with Crippen LogP contribution in [0.25, 0.3) is 11.1 Å². The molecule has 138 valence electrons. The van der Waals surface area contributed by atoms with Crippen LogP contribution >= 0.6 is 0 Å². The van der Waals surface area contributed by atoms with Crippen LogP contribution in [0.2, 0.25) is 0 Å². The summed E-state index contributed by atoms with van der Waals surface area (Å²) in [6.45, 7) is 5.62. The first-order valence-electron chi connectivity index (χ1n) is 9.50. The summed E-state index contributed by atoms with van der Waals surface area (Å²) >= 11 is 0.